The van der Waals surface area contributed by atoms with Crippen LogP contribution in [0.1, 0.15) is 30.9 Å². The lowest BCUT2D eigenvalue weighted by molar-refractivity contribution is 0.970. The lowest BCUT2D eigenvalue weighted by Gasteiger charge is -2.04. The van der Waals surface area contributed by atoms with Crippen LogP contribution in [0.2, 0.25) is 0 Å². The van der Waals surface area contributed by atoms with Crippen LogP contribution in [-0.4, -0.2) is 0 Å². The van der Waals surface area contributed by atoms with Crippen LogP contribution in [0.5, 0.6) is 0 Å². The Balaban J connectivity index is 2.20. The van der Waals surface area contributed by atoms with Crippen LogP contribution in [0.25, 0.3) is 5.57 Å². The Labute approximate surface area is 109 Å². The van der Waals surface area contributed by atoms with Gasteiger partial charge in [-0.15, -0.1) is 5.73 Å². The molecule has 0 bridgehead atoms. The van der Waals surface area contributed by atoms with Gasteiger partial charge in [-0.1, -0.05) is 67.6 Å². The third-order valence-electron chi connectivity index (χ3n) is 3.08. The van der Waals surface area contributed by atoms with Crippen molar-refractivity contribution in [3.63, 3.8) is 0 Å². The predicted octanol–water partition coefficient (Wildman–Crippen LogP) is 5.05. The van der Waals surface area contributed by atoms with Crippen LogP contribution < -0.4 is 0 Å². The quantitative estimate of drug-likeness (QED) is 0.652. The van der Waals surface area contributed by atoms with E-state index in [1.807, 2.05) is 12.1 Å². The molecule has 0 fully saturated rings. The average Bonchev–Trinajstić information content (AvgIpc) is 2.46. The van der Waals surface area contributed by atoms with Gasteiger partial charge >= 0.3 is 0 Å². The van der Waals surface area contributed by atoms with Crippen LogP contribution in [0, 0.1) is 0 Å². The summed E-state index contributed by atoms with van der Waals surface area (Å²) >= 11 is 0. The van der Waals surface area contributed by atoms with E-state index in [1.54, 1.807) is 0 Å². The van der Waals surface area contributed by atoms with E-state index in [0.29, 0.717) is 5.92 Å². The molecule has 0 heterocycles. The van der Waals surface area contributed by atoms with Gasteiger partial charge in [0.1, 0.15) is 0 Å². The topological polar surface area (TPSA) is 0 Å². The highest BCUT2D eigenvalue weighted by atomic mass is 14.0. The summed E-state index contributed by atoms with van der Waals surface area (Å²) in [6, 6.07) is 20.9. The zero-order valence-corrected chi connectivity index (χ0v) is 10.9. The standard InChI is InChI=1S/C18H18/c1-15(17-9-5-3-6-10-17)13-14-16(2)18-11-7-4-8-12-18/h3-13,15H,1-2H3. The molecule has 0 spiro atoms. The molecule has 0 amide bonds. The highest BCUT2D eigenvalue weighted by Gasteiger charge is 1.99. The fraction of sp³-hybridized carbons (Fsp3) is 0.167. The first-order chi connectivity index (χ1) is 8.77. The van der Waals surface area contributed by atoms with E-state index in [0.717, 1.165) is 0 Å². The van der Waals surface area contributed by atoms with Crippen LogP contribution >= 0.6 is 0 Å². The summed E-state index contributed by atoms with van der Waals surface area (Å²) in [5.41, 5.74) is 7.12. The van der Waals surface area contributed by atoms with Crippen LogP contribution in [0.4, 0.5) is 0 Å². The Morgan fingerprint density at radius 3 is 2.11 bits per heavy atom. The minimum absolute atomic E-state index is 0.393. The molecule has 0 aliphatic carbocycles. The van der Waals surface area contributed by atoms with Crippen LogP contribution in [0.15, 0.2) is 72.5 Å². The van der Waals surface area contributed by atoms with E-state index in [-0.39, 0.29) is 0 Å². The lowest BCUT2D eigenvalue weighted by Crippen LogP contribution is -1.86. The van der Waals surface area contributed by atoms with Gasteiger partial charge in [0, 0.05) is 5.92 Å². The molecular weight excluding hydrogens is 216 g/mol. The number of hydrogen-bond donors (Lipinski definition) is 0. The van der Waals surface area contributed by atoms with Crippen molar-refractivity contribution in [1.29, 1.82) is 0 Å². The summed E-state index contributed by atoms with van der Waals surface area (Å²) in [6.45, 7) is 4.30. The average molecular weight is 234 g/mol. The van der Waals surface area contributed by atoms with Crippen molar-refractivity contribution in [2.45, 2.75) is 19.8 Å². The molecule has 0 nitrogen and oxygen atoms in total. The summed E-state index contributed by atoms with van der Waals surface area (Å²) in [4.78, 5) is 0. The molecule has 0 saturated carbocycles. The highest BCUT2D eigenvalue weighted by Crippen LogP contribution is 2.17. The van der Waals surface area contributed by atoms with Crippen molar-refractivity contribution in [3.8, 4) is 0 Å². The van der Waals surface area contributed by atoms with E-state index >= 15 is 0 Å². The molecule has 2 aromatic carbocycles. The molecule has 0 N–H and O–H groups in total. The van der Waals surface area contributed by atoms with Gasteiger partial charge in [0.15, 0.2) is 0 Å². The molecular formula is C18H18. The van der Waals surface area contributed by atoms with Gasteiger partial charge in [-0.3, -0.25) is 0 Å². The van der Waals surface area contributed by atoms with E-state index < -0.39 is 0 Å². The van der Waals surface area contributed by atoms with Gasteiger partial charge in [-0.2, -0.15) is 0 Å². The molecule has 0 aliphatic rings. The Bertz CT molecular complexity index is 543. The van der Waals surface area contributed by atoms with Crippen molar-refractivity contribution in [2.75, 3.05) is 0 Å². The number of rotatable bonds is 3. The summed E-state index contributed by atoms with van der Waals surface area (Å²) in [5, 5.41) is 0. The van der Waals surface area contributed by atoms with Gasteiger partial charge in [0.05, 0.1) is 0 Å². The normalized spacial score (nSPS) is 11.4. The predicted molar refractivity (Wildman–Crippen MR) is 78.5 cm³/mol. The lowest BCUT2D eigenvalue weighted by atomic mass is 10.0. The van der Waals surface area contributed by atoms with Gasteiger partial charge in [-0.25, -0.2) is 0 Å². The fourth-order valence-electron chi connectivity index (χ4n) is 1.87. The van der Waals surface area contributed by atoms with E-state index in [9.17, 15) is 0 Å². The zero-order valence-electron chi connectivity index (χ0n) is 10.9. The number of benzene rings is 2. The largest absolute Gasteiger partial charge is 0.121 e. The molecule has 1 unspecified atom stereocenters. The van der Waals surface area contributed by atoms with Crippen molar-refractivity contribution in [2.24, 2.45) is 0 Å². The first kappa shape index (κ1) is 12.4. The zero-order chi connectivity index (χ0) is 12.8. The number of allylic oxidation sites excluding steroid dienone is 1. The maximum absolute atomic E-state index is 3.39. The Hall–Kier alpha value is -2.04. The molecule has 0 aromatic heterocycles. The maximum atomic E-state index is 3.39. The highest BCUT2D eigenvalue weighted by molar-refractivity contribution is 5.62. The summed E-state index contributed by atoms with van der Waals surface area (Å²) in [5.74, 6) is 0.393. The minimum Gasteiger partial charge on any atom is -0.121 e. The van der Waals surface area contributed by atoms with Crippen molar-refractivity contribution < 1.29 is 0 Å². The smallest absolute Gasteiger partial charge is 0.00656 e. The van der Waals surface area contributed by atoms with E-state index in [2.05, 4.69) is 74.2 Å². The third kappa shape index (κ3) is 3.23. The first-order valence-electron chi connectivity index (χ1n) is 6.31. The molecule has 0 heteroatoms. The summed E-state index contributed by atoms with van der Waals surface area (Å²) in [6.07, 6.45) is 2.14. The Morgan fingerprint density at radius 2 is 1.50 bits per heavy atom. The second-order valence-electron chi connectivity index (χ2n) is 4.50. The molecule has 0 radical (unpaired) electrons. The van der Waals surface area contributed by atoms with Crippen molar-refractivity contribution in [1.82, 2.24) is 0 Å². The maximum Gasteiger partial charge on any atom is 0.00656 e. The van der Waals surface area contributed by atoms with Gasteiger partial charge in [0.2, 0.25) is 0 Å². The van der Waals surface area contributed by atoms with Crippen LogP contribution in [0.3, 0.4) is 0 Å². The first-order valence-corrected chi connectivity index (χ1v) is 6.31. The molecule has 90 valence electrons. The minimum atomic E-state index is 0.393. The van der Waals surface area contributed by atoms with Gasteiger partial charge < -0.3 is 0 Å². The van der Waals surface area contributed by atoms with Crippen molar-refractivity contribution >= 4 is 5.57 Å². The van der Waals surface area contributed by atoms with Crippen molar-refractivity contribution in [3.05, 3.63) is 83.6 Å². The Kier molecular flexibility index (Phi) is 4.17. The fourth-order valence-corrected chi connectivity index (χ4v) is 1.87. The van der Waals surface area contributed by atoms with Gasteiger partial charge in [-0.05, 0) is 29.7 Å². The Morgan fingerprint density at radius 1 is 0.944 bits per heavy atom. The molecule has 2 aromatic rings. The molecule has 1 atom stereocenters. The summed E-state index contributed by atoms with van der Waals surface area (Å²) in [7, 11) is 0. The third-order valence-corrected chi connectivity index (χ3v) is 3.08. The SMILES string of the molecule is CC(=C=CC(C)c1ccccc1)c1ccccc1. The monoisotopic (exact) mass is 234 g/mol. The molecule has 2 rings (SSSR count). The molecule has 0 saturated heterocycles. The van der Waals surface area contributed by atoms with E-state index in [1.165, 1.54) is 16.7 Å². The van der Waals surface area contributed by atoms with Crippen LogP contribution in [-0.2, 0) is 0 Å². The molecule has 0 aliphatic heterocycles. The second-order valence-corrected chi connectivity index (χ2v) is 4.50. The number of hydrogen-bond acceptors (Lipinski definition) is 0. The summed E-state index contributed by atoms with van der Waals surface area (Å²) < 4.78 is 0. The van der Waals surface area contributed by atoms with Gasteiger partial charge in [0.25, 0.3) is 0 Å². The second kappa shape index (κ2) is 6.05. The van der Waals surface area contributed by atoms with E-state index in [4.69, 9.17) is 0 Å². The molecule has 18 heavy (non-hydrogen) atoms.